The number of rotatable bonds is 2. The lowest BCUT2D eigenvalue weighted by Gasteiger charge is -1.98. The maximum Gasteiger partial charge on any atom is 0.335 e. The van der Waals surface area contributed by atoms with Crippen LogP contribution < -0.4 is 0 Å². The van der Waals surface area contributed by atoms with Crippen LogP contribution in [-0.4, -0.2) is 17.4 Å². The van der Waals surface area contributed by atoms with Gasteiger partial charge in [-0.25, -0.2) is 4.79 Å². The molecule has 0 bridgehead atoms. The molecule has 0 atom stereocenters. The first kappa shape index (κ1) is 14.5. The van der Waals surface area contributed by atoms with Gasteiger partial charge < -0.3 is 5.11 Å². The van der Waals surface area contributed by atoms with E-state index in [9.17, 15) is 9.59 Å². The average molecular weight is 278 g/mol. The fourth-order valence-electron chi connectivity index (χ4n) is 1.93. The highest BCUT2D eigenvalue weighted by molar-refractivity contribution is 5.97. The quantitative estimate of drug-likeness (QED) is 0.720. The molecule has 3 aromatic rings. The Morgan fingerprint density at radius 1 is 0.810 bits per heavy atom. The minimum Gasteiger partial charge on any atom is -0.478 e. The summed E-state index contributed by atoms with van der Waals surface area (Å²) in [4.78, 5) is 20.8. The first-order valence-electron chi connectivity index (χ1n) is 6.43. The number of aldehydes is 1. The number of fused-ring (bicyclic) bond motifs is 1. The summed E-state index contributed by atoms with van der Waals surface area (Å²) in [5, 5.41) is 10.5. The van der Waals surface area contributed by atoms with E-state index in [-0.39, 0.29) is 0 Å². The third-order valence-electron chi connectivity index (χ3n) is 2.97. The van der Waals surface area contributed by atoms with Crippen molar-refractivity contribution >= 4 is 23.0 Å². The van der Waals surface area contributed by atoms with E-state index in [1.165, 1.54) is 0 Å². The highest BCUT2D eigenvalue weighted by Gasteiger charge is 1.97. The first-order chi connectivity index (χ1) is 10.2. The van der Waals surface area contributed by atoms with Crippen LogP contribution in [0.2, 0.25) is 0 Å². The van der Waals surface area contributed by atoms with Gasteiger partial charge in [0.15, 0.2) is 6.29 Å². The van der Waals surface area contributed by atoms with Crippen LogP contribution in [-0.2, 0) is 0 Å². The lowest BCUT2D eigenvalue weighted by Crippen LogP contribution is -1.93. The largest absolute Gasteiger partial charge is 0.478 e. The second kappa shape index (κ2) is 7.01. The summed E-state index contributed by atoms with van der Waals surface area (Å²) in [6.07, 6.45) is 0.891. The second-order valence-electron chi connectivity index (χ2n) is 4.36. The molecule has 3 nitrogen and oxygen atoms in total. The molecular weight excluding hydrogens is 264 g/mol. The number of benzene rings is 3. The molecule has 0 fully saturated rings. The Labute approximate surface area is 122 Å². The van der Waals surface area contributed by atoms with Crippen LogP contribution in [0.25, 0.3) is 10.8 Å². The zero-order valence-corrected chi connectivity index (χ0v) is 11.3. The number of carboxylic acids is 1. The number of hydrogen-bond donors (Lipinski definition) is 1. The minimum absolute atomic E-state index is 0.331. The lowest BCUT2D eigenvalue weighted by molar-refractivity contribution is 0.0696. The molecule has 3 aromatic carbocycles. The van der Waals surface area contributed by atoms with E-state index in [1.807, 2.05) is 42.5 Å². The van der Waals surface area contributed by atoms with Crippen LogP contribution in [0.1, 0.15) is 20.7 Å². The Bertz CT molecular complexity index is 743. The molecule has 3 heteroatoms. The fraction of sp³-hybridized carbons (Fsp3) is 0. The van der Waals surface area contributed by atoms with Gasteiger partial charge in [0.05, 0.1) is 5.56 Å². The van der Waals surface area contributed by atoms with E-state index >= 15 is 0 Å². The molecule has 0 aliphatic heterocycles. The standard InChI is InChI=1S/C11H8O.C7H6O2/c12-8-10-6-3-5-9-4-1-2-7-11(9)10;8-7(9)6-4-2-1-3-5-6/h1-8H;1-5H,(H,8,9). The number of carbonyl (C=O) groups excluding carboxylic acids is 1. The van der Waals surface area contributed by atoms with Crippen molar-refractivity contribution in [3.63, 3.8) is 0 Å². The molecule has 1 N–H and O–H groups in total. The molecular formula is C18H14O3. The first-order valence-corrected chi connectivity index (χ1v) is 6.43. The van der Waals surface area contributed by atoms with Crippen LogP contribution >= 0.6 is 0 Å². The van der Waals surface area contributed by atoms with E-state index in [1.54, 1.807) is 30.3 Å². The van der Waals surface area contributed by atoms with Crippen molar-refractivity contribution in [3.05, 3.63) is 83.9 Å². The second-order valence-corrected chi connectivity index (χ2v) is 4.36. The molecule has 0 saturated carbocycles. The Morgan fingerprint density at radius 2 is 1.43 bits per heavy atom. The van der Waals surface area contributed by atoms with E-state index in [4.69, 9.17) is 5.11 Å². The van der Waals surface area contributed by atoms with Gasteiger partial charge in [0.1, 0.15) is 0 Å². The summed E-state index contributed by atoms with van der Waals surface area (Å²) in [6, 6.07) is 21.9. The van der Waals surface area contributed by atoms with Gasteiger partial charge in [-0.2, -0.15) is 0 Å². The van der Waals surface area contributed by atoms with Crippen LogP contribution in [0.15, 0.2) is 72.8 Å². The monoisotopic (exact) mass is 278 g/mol. The molecule has 0 amide bonds. The van der Waals surface area contributed by atoms with Crippen LogP contribution in [0, 0.1) is 0 Å². The summed E-state index contributed by atoms with van der Waals surface area (Å²) < 4.78 is 0. The summed E-state index contributed by atoms with van der Waals surface area (Å²) in [6.45, 7) is 0. The van der Waals surface area contributed by atoms with Crippen molar-refractivity contribution in [1.82, 2.24) is 0 Å². The Balaban J connectivity index is 0.000000161. The maximum atomic E-state index is 10.6. The van der Waals surface area contributed by atoms with Crippen molar-refractivity contribution < 1.29 is 14.7 Å². The van der Waals surface area contributed by atoms with E-state index in [2.05, 4.69) is 0 Å². The molecule has 21 heavy (non-hydrogen) atoms. The van der Waals surface area contributed by atoms with Crippen molar-refractivity contribution in [2.24, 2.45) is 0 Å². The molecule has 0 saturated heterocycles. The van der Waals surface area contributed by atoms with Crippen molar-refractivity contribution in [1.29, 1.82) is 0 Å². The van der Waals surface area contributed by atoms with E-state index < -0.39 is 5.97 Å². The van der Waals surface area contributed by atoms with E-state index in [0.717, 1.165) is 22.6 Å². The number of hydrogen-bond acceptors (Lipinski definition) is 2. The minimum atomic E-state index is -0.879. The topological polar surface area (TPSA) is 54.4 Å². The van der Waals surface area contributed by atoms with Gasteiger partial charge in [0, 0.05) is 5.56 Å². The predicted molar refractivity (Wildman–Crippen MR) is 82.7 cm³/mol. The van der Waals surface area contributed by atoms with Crippen LogP contribution in [0.3, 0.4) is 0 Å². The molecule has 0 aliphatic rings. The molecule has 3 rings (SSSR count). The van der Waals surface area contributed by atoms with Crippen molar-refractivity contribution in [2.75, 3.05) is 0 Å². The van der Waals surface area contributed by atoms with Gasteiger partial charge in [0.25, 0.3) is 0 Å². The SMILES string of the molecule is O=C(O)c1ccccc1.O=Cc1cccc2ccccc12. The fourth-order valence-corrected chi connectivity index (χ4v) is 1.93. The van der Waals surface area contributed by atoms with Gasteiger partial charge in [-0.15, -0.1) is 0 Å². The van der Waals surface area contributed by atoms with Gasteiger partial charge in [-0.05, 0) is 22.9 Å². The predicted octanol–water partition coefficient (Wildman–Crippen LogP) is 4.04. The van der Waals surface area contributed by atoms with Crippen molar-refractivity contribution in [3.8, 4) is 0 Å². The number of carbonyl (C=O) groups is 2. The molecule has 0 unspecified atom stereocenters. The van der Waals surface area contributed by atoms with Gasteiger partial charge >= 0.3 is 5.97 Å². The molecule has 104 valence electrons. The third-order valence-corrected chi connectivity index (χ3v) is 2.97. The van der Waals surface area contributed by atoms with E-state index in [0.29, 0.717) is 5.56 Å². The Kier molecular flexibility index (Phi) is 4.83. The number of carboxylic acid groups (broad SMARTS) is 1. The van der Waals surface area contributed by atoms with Gasteiger partial charge in [-0.1, -0.05) is 60.7 Å². The smallest absolute Gasteiger partial charge is 0.335 e. The summed E-state index contributed by atoms with van der Waals surface area (Å²) in [7, 11) is 0. The molecule has 0 radical (unpaired) electrons. The summed E-state index contributed by atoms with van der Waals surface area (Å²) in [5.41, 5.74) is 1.09. The van der Waals surface area contributed by atoms with Gasteiger partial charge in [-0.3, -0.25) is 4.79 Å². The molecule has 0 heterocycles. The Hall–Kier alpha value is -2.94. The summed E-state index contributed by atoms with van der Waals surface area (Å²) >= 11 is 0. The zero-order valence-electron chi connectivity index (χ0n) is 11.3. The average Bonchev–Trinajstić information content (AvgIpc) is 2.55. The van der Waals surface area contributed by atoms with Crippen LogP contribution in [0.4, 0.5) is 0 Å². The zero-order chi connectivity index (χ0) is 15.1. The third kappa shape index (κ3) is 3.76. The molecule has 0 aromatic heterocycles. The summed E-state index contributed by atoms with van der Waals surface area (Å²) in [5.74, 6) is -0.879. The normalized spacial score (nSPS) is 9.52. The highest BCUT2D eigenvalue weighted by Crippen LogP contribution is 2.16. The highest BCUT2D eigenvalue weighted by atomic mass is 16.4. The Morgan fingerprint density at radius 3 is 2.05 bits per heavy atom. The van der Waals surface area contributed by atoms with Crippen molar-refractivity contribution in [2.45, 2.75) is 0 Å². The number of aromatic carboxylic acids is 1. The van der Waals surface area contributed by atoms with Crippen LogP contribution in [0.5, 0.6) is 0 Å². The lowest BCUT2D eigenvalue weighted by atomic mass is 10.1. The molecule has 0 spiro atoms. The van der Waals surface area contributed by atoms with Gasteiger partial charge in [0.2, 0.25) is 0 Å². The molecule has 0 aliphatic carbocycles. The maximum absolute atomic E-state index is 10.6.